The Morgan fingerprint density at radius 1 is 0.956 bits per heavy atom. The third kappa shape index (κ3) is 7.92. The van der Waals surface area contributed by atoms with Crippen LogP contribution >= 0.6 is 22.9 Å². The molecule has 2 aromatic heterocycles. The van der Waals surface area contributed by atoms with Gasteiger partial charge in [0.1, 0.15) is 4.83 Å². The maximum atomic E-state index is 13.5. The lowest BCUT2D eigenvalue weighted by atomic mass is 9.94. The number of carbonyl (C=O) groups is 3. The molecule has 0 aliphatic carbocycles. The number of likely N-dealkylation sites (tertiary alicyclic amines) is 1. The van der Waals surface area contributed by atoms with Gasteiger partial charge in [-0.05, 0) is 80.6 Å². The van der Waals surface area contributed by atoms with Crippen molar-refractivity contribution < 1.29 is 19.1 Å². The average Bonchev–Trinajstić information content (AvgIpc) is 3.57. The summed E-state index contributed by atoms with van der Waals surface area (Å²) < 4.78 is 6.65. The molecule has 45 heavy (non-hydrogen) atoms. The van der Waals surface area contributed by atoms with Crippen LogP contribution in [0, 0.1) is 5.41 Å². The first kappa shape index (κ1) is 32.7. The predicted molar refractivity (Wildman–Crippen MR) is 179 cm³/mol. The maximum absolute atomic E-state index is 13.5. The normalized spacial score (nSPS) is 14.4. The zero-order valence-electron chi connectivity index (χ0n) is 26.4. The molecule has 1 aliphatic rings. The molecule has 4 aromatic rings. The van der Waals surface area contributed by atoms with Crippen molar-refractivity contribution in [1.29, 1.82) is 0 Å². The van der Waals surface area contributed by atoms with Crippen molar-refractivity contribution in [3.63, 3.8) is 0 Å². The molecule has 3 heterocycles. The molecule has 0 unspecified atom stereocenters. The largest absolute Gasteiger partial charge is 0.447 e. The van der Waals surface area contributed by atoms with Crippen LogP contribution in [0.5, 0.6) is 0 Å². The minimum atomic E-state index is -0.777. The first-order valence-electron chi connectivity index (χ1n) is 15.2. The van der Waals surface area contributed by atoms with Gasteiger partial charge in [0, 0.05) is 17.1 Å². The maximum Gasteiger partial charge on any atom is 0.436 e. The smallest absolute Gasteiger partial charge is 0.436 e. The zero-order valence-corrected chi connectivity index (χ0v) is 28.0. The summed E-state index contributed by atoms with van der Waals surface area (Å²) in [6, 6.07) is 16.5. The van der Waals surface area contributed by atoms with E-state index in [1.807, 2.05) is 65.0 Å². The predicted octanol–water partition coefficient (Wildman–Crippen LogP) is 7.69. The van der Waals surface area contributed by atoms with E-state index < -0.39 is 11.6 Å². The Morgan fingerprint density at radius 2 is 1.64 bits per heavy atom. The summed E-state index contributed by atoms with van der Waals surface area (Å²) in [5.74, 6) is -0.552. The third-order valence-electron chi connectivity index (χ3n) is 7.66. The number of amides is 2. The standard InChI is InChI=1S/C34H40ClN5O4S/c1-33(2,3)21-44-32(43)40-31-24(19-27(45-31)30(42)37-34(4,5)25-11-7-8-12-26(25)35)28(38-40)36-29(41)23-15-13-22(14-16-23)20-39-17-9-6-10-18-39/h7-8,11-16,19H,6,9-10,17-18,20-21H2,1-5H3,(H,37,42)(H,36,38,41). The van der Waals surface area contributed by atoms with E-state index >= 15 is 0 Å². The number of piperidine rings is 1. The number of hydrogen-bond acceptors (Lipinski definition) is 7. The molecular weight excluding hydrogens is 610 g/mol. The van der Waals surface area contributed by atoms with Crippen molar-refractivity contribution in [1.82, 2.24) is 20.0 Å². The van der Waals surface area contributed by atoms with Gasteiger partial charge >= 0.3 is 6.09 Å². The number of benzene rings is 2. The summed E-state index contributed by atoms with van der Waals surface area (Å²) >= 11 is 7.52. The van der Waals surface area contributed by atoms with E-state index in [-0.39, 0.29) is 29.7 Å². The van der Waals surface area contributed by atoms with Gasteiger partial charge in [-0.2, -0.15) is 4.68 Å². The molecule has 5 rings (SSSR count). The highest BCUT2D eigenvalue weighted by Gasteiger charge is 2.29. The molecule has 2 amide bonds. The lowest BCUT2D eigenvalue weighted by Crippen LogP contribution is -2.40. The third-order valence-corrected chi connectivity index (χ3v) is 9.10. The molecule has 1 aliphatic heterocycles. The van der Waals surface area contributed by atoms with Crippen LogP contribution in [-0.4, -0.2) is 52.3 Å². The number of rotatable bonds is 8. The van der Waals surface area contributed by atoms with E-state index in [1.165, 1.54) is 19.3 Å². The minimum absolute atomic E-state index is 0.167. The number of nitrogens with zero attached hydrogens (tertiary/aromatic N) is 3. The summed E-state index contributed by atoms with van der Waals surface area (Å²) in [5.41, 5.74) is 1.35. The summed E-state index contributed by atoms with van der Waals surface area (Å²) in [6.07, 6.45) is 3.03. The Kier molecular flexibility index (Phi) is 9.67. The van der Waals surface area contributed by atoms with Crippen molar-refractivity contribution in [3.8, 4) is 0 Å². The summed E-state index contributed by atoms with van der Waals surface area (Å²) in [7, 11) is 0. The number of nitrogens with one attached hydrogen (secondary N) is 2. The number of hydrogen-bond donors (Lipinski definition) is 2. The van der Waals surface area contributed by atoms with E-state index in [9.17, 15) is 14.4 Å². The van der Waals surface area contributed by atoms with Gasteiger partial charge in [-0.25, -0.2) is 4.79 Å². The first-order valence-corrected chi connectivity index (χ1v) is 16.4. The lowest BCUT2D eigenvalue weighted by molar-refractivity contribution is 0.0915. The van der Waals surface area contributed by atoms with Crippen molar-refractivity contribution in [2.24, 2.45) is 5.41 Å². The van der Waals surface area contributed by atoms with Gasteiger partial charge in [0.15, 0.2) is 5.82 Å². The van der Waals surface area contributed by atoms with Crippen LogP contribution in [0.2, 0.25) is 5.02 Å². The SMILES string of the molecule is CC(C)(C)COC(=O)n1nc(NC(=O)c2ccc(CN3CCCCC3)cc2)c2cc(C(=O)NC(C)(C)c3ccccc3Cl)sc21. The topological polar surface area (TPSA) is 106 Å². The lowest BCUT2D eigenvalue weighted by Gasteiger charge is -2.27. The molecule has 0 bridgehead atoms. The Labute approximate surface area is 272 Å². The summed E-state index contributed by atoms with van der Waals surface area (Å²) in [4.78, 5) is 43.2. The summed E-state index contributed by atoms with van der Waals surface area (Å²) in [6.45, 7) is 12.8. The van der Waals surface area contributed by atoms with E-state index in [0.717, 1.165) is 46.8 Å². The van der Waals surface area contributed by atoms with Crippen molar-refractivity contribution in [2.45, 2.75) is 66.0 Å². The Bertz CT molecular complexity index is 1700. The van der Waals surface area contributed by atoms with Gasteiger partial charge in [0.05, 0.1) is 22.4 Å². The molecule has 2 aromatic carbocycles. The number of fused-ring (bicyclic) bond motifs is 1. The van der Waals surface area contributed by atoms with Crippen molar-refractivity contribution in [2.75, 3.05) is 25.0 Å². The van der Waals surface area contributed by atoms with Gasteiger partial charge in [-0.1, -0.05) is 69.1 Å². The Hall–Kier alpha value is -3.73. The van der Waals surface area contributed by atoms with Gasteiger partial charge in [0.2, 0.25) is 0 Å². The second-order valence-corrected chi connectivity index (χ2v) is 14.7. The van der Waals surface area contributed by atoms with Crippen molar-refractivity contribution in [3.05, 3.63) is 81.2 Å². The second-order valence-electron chi connectivity index (χ2n) is 13.3. The molecule has 1 saturated heterocycles. The van der Waals surface area contributed by atoms with E-state index in [2.05, 4.69) is 20.6 Å². The highest BCUT2D eigenvalue weighted by Crippen LogP contribution is 2.34. The molecule has 238 valence electrons. The molecular formula is C34H40ClN5O4S. The van der Waals surface area contributed by atoms with Gasteiger partial charge < -0.3 is 15.4 Å². The Balaban J connectivity index is 1.40. The molecule has 0 radical (unpaired) electrons. The monoisotopic (exact) mass is 649 g/mol. The average molecular weight is 650 g/mol. The highest BCUT2D eigenvalue weighted by molar-refractivity contribution is 7.20. The molecule has 1 fully saturated rings. The fourth-order valence-corrected chi connectivity index (χ4v) is 6.64. The van der Waals surface area contributed by atoms with Crippen LogP contribution in [-0.2, 0) is 16.8 Å². The summed E-state index contributed by atoms with van der Waals surface area (Å²) in [5, 5.41) is 11.3. The Morgan fingerprint density at radius 3 is 2.31 bits per heavy atom. The van der Waals surface area contributed by atoms with Crippen LogP contribution in [0.4, 0.5) is 10.6 Å². The van der Waals surface area contributed by atoms with Gasteiger partial charge in [-0.3, -0.25) is 14.5 Å². The molecule has 0 spiro atoms. The van der Waals surface area contributed by atoms with E-state index in [4.69, 9.17) is 16.3 Å². The molecule has 11 heteroatoms. The van der Waals surface area contributed by atoms with Crippen LogP contribution in [0.3, 0.4) is 0 Å². The van der Waals surface area contributed by atoms with Gasteiger partial charge in [0.25, 0.3) is 11.8 Å². The molecule has 2 N–H and O–H groups in total. The van der Waals surface area contributed by atoms with E-state index in [1.54, 1.807) is 24.3 Å². The van der Waals surface area contributed by atoms with Crippen LogP contribution < -0.4 is 10.6 Å². The van der Waals surface area contributed by atoms with Gasteiger partial charge in [-0.15, -0.1) is 16.4 Å². The van der Waals surface area contributed by atoms with Crippen LogP contribution in [0.15, 0.2) is 54.6 Å². The number of thiophene rings is 1. The number of ether oxygens (including phenoxy) is 1. The van der Waals surface area contributed by atoms with Crippen LogP contribution in [0.25, 0.3) is 10.2 Å². The van der Waals surface area contributed by atoms with Crippen LogP contribution in [0.1, 0.15) is 85.0 Å². The number of halogens is 1. The van der Waals surface area contributed by atoms with E-state index in [0.29, 0.717) is 25.7 Å². The highest BCUT2D eigenvalue weighted by atomic mass is 35.5. The fourth-order valence-electron chi connectivity index (χ4n) is 5.27. The number of anilines is 1. The first-order chi connectivity index (χ1) is 21.3. The number of aromatic nitrogens is 2. The quantitative estimate of drug-likeness (QED) is 0.203. The second kappa shape index (κ2) is 13.3. The van der Waals surface area contributed by atoms with Crippen molar-refractivity contribution >= 4 is 56.9 Å². The molecule has 9 nitrogen and oxygen atoms in total. The molecule has 0 saturated carbocycles. The fraction of sp³-hybridized carbons (Fsp3) is 0.412. The minimum Gasteiger partial charge on any atom is -0.447 e. The zero-order chi connectivity index (χ0) is 32.4. The molecule has 0 atom stereocenters. The number of carbonyl (C=O) groups excluding carboxylic acids is 3.